The number of rotatable bonds is 4. The van der Waals surface area contributed by atoms with E-state index in [9.17, 15) is 9.59 Å². The van der Waals surface area contributed by atoms with Crippen LogP contribution in [0.2, 0.25) is 0 Å². The molecule has 1 aliphatic carbocycles. The summed E-state index contributed by atoms with van der Waals surface area (Å²) in [5.41, 5.74) is 4.72. The minimum atomic E-state index is -0.348. The summed E-state index contributed by atoms with van der Waals surface area (Å²) in [6, 6.07) is 10.3. The summed E-state index contributed by atoms with van der Waals surface area (Å²) in [5.74, 6) is 0.833. The topological polar surface area (TPSA) is 89.5 Å². The third kappa shape index (κ3) is 3.59. The average Bonchev–Trinajstić information content (AvgIpc) is 3.41. The van der Waals surface area contributed by atoms with Gasteiger partial charge >= 0.3 is 0 Å². The summed E-state index contributed by atoms with van der Waals surface area (Å²) in [5, 5.41) is 4.64. The number of aromatic nitrogens is 2. The molecular formula is C23H20N4O3S. The number of carbonyl (C=O) groups is 1. The second-order valence-electron chi connectivity index (χ2n) is 7.45. The summed E-state index contributed by atoms with van der Waals surface area (Å²) in [6.07, 6.45) is 7.20. The summed E-state index contributed by atoms with van der Waals surface area (Å²) < 4.78 is 6.75. The molecule has 4 aromatic rings. The van der Waals surface area contributed by atoms with Gasteiger partial charge in [-0.25, -0.2) is 10.4 Å². The largest absolute Gasteiger partial charge is 0.463 e. The van der Waals surface area contributed by atoms with Crippen molar-refractivity contribution < 1.29 is 9.21 Å². The highest BCUT2D eigenvalue weighted by Crippen LogP contribution is 2.34. The lowest BCUT2D eigenvalue weighted by molar-refractivity contribution is 0.0955. The van der Waals surface area contributed by atoms with Crippen molar-refractivity contribution in [3.8, 4) is 5.69 Å². The van der Waals surface area contributed by atoms with Crippen molar-refractivity contribution in [1.82, 2.24) is 15.0 Å². The number of thiophene rings is 1. The fraction of sp³-hybridized carbons (Fsp3) is 0.217. The van der Waals surface area contributed by atoms with E-state index in [2.05, 4.69) is 10.5 Å². The van der Waals surface area contributed by atoms with Gasteiger partial charge in [-0.2, -0.15) is 5.10 Å². The molecule has 0 saturated heterocycles. The average molecular weight is 433 g/mol. The Morgan fingerprint density at radius 2 is 2.03 bits per heavy atom. The number of nitrogens with zero attached hydrogens (tertiary/aromatic N) is 3. The van der Waals surface area contributed by atoms with Crippen LogP contribution in [0.4, 0.5) is 0 Å². The highest BCUT2D eigenvalue weighted by molar-refractivity contribution is 7.18. The summed E-state index contributed by atoms with van der Waals surface area (Å²) in [4.78, 5) is 32.5. The van der Waals surface area contributed by atoms with E-state index in [0.717, 1.165) is 29.5 Å². The molecular weight excluding hydrogens is 412 g/mol. The number of aryl methyl sites for hydroxylation is 3. The number of hydrazone groups is 1. The van der Waals surface area contributed by atoms with Crippen LogP contribution in [0.1, 0.15) is 45.2 Å². The molecule has 156 valence electrons. The zero-order chi connectivity index (χ0) is 21.4. The van der Waals surface area contributed by atoms with Gasteiger partial charge in [-0.15, -0.1) is 11.3 Å². The first-order valence-corrected chi connectivity index (χ1v) is 10.9. The van der Waals surface area contributed by atoms with Crippen LogP contribution >= 0.6 is 11.3 Å². The molecule has 1 amide bonds. The van der Waals surface area contributed by atoms with Crippen LogP contribution in [0.3, 0.4) is 0 Å². The maximum atomic E-state index is 13.4. The van der Waals surface area contributed by atoms with Gasteiger partial charge in [0.2, 0.25) is 0 Å². The molecule has 0 bridgehead atoms. The first kappa shape index (κ1) is 19.4. The highest BCUT2D eigenvalue weighted by Gasteiger charge is 2.21. The van der Waals surface area contributed by atoms with E-state index in [0.29, 0.717) is 22.8 Å². The highest BCUT2D eigenvalue weighted by atomic mass is 32.1. The van der Waals surface area contributed by atoms with E-state index in [1.54, 1.807) is 52.3 Å². The van der Waals surface area contributed by atoms with E-state index in [1.807, 2.05) is 6.92 Å². The van der Waals surface area contributed by atoms with E-state index in [1.165, 1.54) is 29.3 Å². The van der Waals surface area contributed by atoms with Crippen LogP contribution in [0.25, 0.3) is 15.9 Å². The molecule has 3 aromatic heterocycles. The molecule has 0 unspecified atom stereocenters. The number of fused-ring (bicyclic) bond motifs is 3. The van der Waals surface area contributed by atoms with Crippen molar-refractivity contribution in [3.63, 3.8) is 0 Å². The first-order chi connectivity index (χ1) is 15.1. The number of hydrogen-bond acceptors (Lipinski definition) is 6. The number of carbonyl (C=O) groups excluding carboxylic acids is 1. The molecule has 5 rings (SSSR count). The molecule has 8 heteroatoms. The summed E-state index contributed by atoms with van der Waals surface area (Å²) in [7, 11) is 0. The van der Waals surface area contributed by atoms with Crippen LogP contribution < -0.4 is 11.0 Å². The van der Waals surface area contributed by atoms with Crippen molar-refractivity contribution in [2.45, 2.75) is 32.6 Å². The molecule has 7 nitrogen and oxygen atoms in total. The molecule has 1 N–H and O–H groups in total. The van der Waals surface area contributed by atoms with Crippen molar-refractivity contribution in [1.29, 1.82) is 0 Å². The minimum Gasteiger partial charge on any atom is -0.463 e. The number of nitrogens with one attached hydrogen (secondary N) is 1. The molecule has 31 heavy (non-hydrogen) atoms. The second kappa shape index (κ2) is 7.96. The van der Waals surface area contributed by atoms with Gasteiger partial charge in [-0.05, 0) is 74.6 Å². The molecule has 0 fully saturated rings. The predicted molar refractivity (Wildman–Crippen MR) is 120 cm³/mol. The quantitative estimate of drug-likeness (QED) is 0.390. The third-order valence-electron chi connectivity index (χ3n) is 5.45. The zero-order valence-corrected chi connectivity index (χ0v) is 17.7. The number of amides is 1. The van der Waals surface area contributed by atoms with Crippen molar-refractivity contribution in [3.05, 3.63) is 80.6 Å². The van der Waals surface area contributed by atoms with E-state index in [4.69, 9.17) is 9.40 Å². The Labute approximate surface area is 182 Å². The molecule has 0 aliphatic heterocycles. The third-order valence-corrected chi connectivity index (χ3v) is 6.63. The van der Waals surface area contributed by atoms with Gasteiger partial charge in [0.15, 0.2) is 0 Å². The molecule has 3 heterocycles. The van der Waals surface area contributed by atoms with E-state index >= 15 is 0 Å². The van der Waals surface area contributed by atoms with Crippen LogP contribution in [0.5, 0.6) is 0 Å². The predicted octanol–water partition coefficient (Wildman–Crippen LogP) is 3.99. The van der Waals surface area contributed by atoms with Crippen molar-refractivity contribution >= 4 is 33.7 Å². The fourth-order valence-electron chi connectivity index (χ4n) is 3.96. The van der Waals surface area contributed by atoms with Gasteiger partial charge in [0, 0.05) is 10.4 Å². The Morgan fingerprint density at radius 1 is 1.23 bits per heavy atom. The van der Waals surface area contributed by atoms with Gasteiger partial charge < -0.3 is 4.42 Å². The van der Waals surface area contributed by atoms with Crippen LogP contribution in [-0.2, 0) is 12.8 Å². The fourth-order valence-corrected chi connectivity index (χ4v) is 5.25. The number of hydrogen-bond donors (Lipinski definition) is 1. The van der Waals surface area contributed by atoms with Gasteiger partial charge in [-0.3, -0.25) is 14.2 Å². The Hall–Kier alpha value is -3.52. The smallest absolute Gasteiger partial charge is 0.271 e. The van der Waals surface area contributed by atoms with Crippen LogP contribution in [-0.4, -0.2) is 21.7 Å². The molecule has 1 aliphatic rings. The summed E-state index contributed by atoms with van der Waals surface area (Å²) >= 11 is 1.65. The SMILES string of the molecule is Cc1nc2sc3c(c2c(=O)n1-c1ccc(C(=O)N/N=C/c2ccco2)cc1)CCCC3. The van der Waals surface area contributed by atoms with Gasteiger partial charge in [0.05, 0.1) is 23.6 Å². The second-order valence-corrected chi connectivity index (χ2v) is 8.54. The first-order valence-electron chi connectivity index (χ1n) is 10.1. The van der Waals surface area contributed by atoms with Crippen LogP contribution in [0.15, 0.2) is 57.0 Å². The van der Waals surface area contributed by atoms with Gasteiger partial charge in [0.25, 0.3) is 11.5 Å². The van der Waals surface area contributed by atoms with E-state index < -0.39 is 0 Å². The Morgan fingerprint density at radius 3 is 2.81 bits per heavy atom. The lowest BCUT2D eigenvalue weighted by Gasteiger charge is -2.12. The lowest BCUT2D eigenvalue weighted by Crippen LogP contribution is -2.23. The molecule has 0 spiro atoms. The normalized spacial score (nSPS) is 13.6. The Balaban J connectivity index is 1.44. The van der Waals surface area contributed by atoms with Crippen molar-refractivity contribution in [2.75, 3.05) is 0 Å². The zero-order valence-electron chi connectivity index (χ0n) is 16.9. The monoisotopic (exact) mass is 432 g/mol. The van der Waals surface area contributed by atoms with Gasteiger partial charge in [0.1, 0.15) is 16.4 Å². The standard InChI is InChI=1S/C23H20N4O3S/c1-14-25-22-20(18-6-2-3-7-19(18)31-22)23(29)27(14)16-10-8-15(9-11-16)21(28)26-24-13-17-5-4-12-30-17/h4-5,8-13H,2-3,6-7H2,1H3,(H,26,28)/b24-13+. The van der Waals surface area contributed by atoms with Crippen LogP contribution in [0, 0.1) is 6.92 Å². The summed E-state index contributed by atoms with van der Waals surface area (Å²) in [6.45, 7) is 1.84. The molecule has 0 radical (unpaired) electrons. The maximum absolute atomic E-state index is 13.4. The number of benzene rings is 1. The van der Waals surface area contributed by atoms with Crippen molar-refractivity contribution in [2.24, 2.45) is 5.10 Å². The minimum absolute atomic E-state index is 0.0397. The number of furan rings is 1. The molecule has 0 atom stereocenters. The van der Waals surface area contributed by atoms with E-state index in [-0.39, 0.29) is 11.5 Å². The Kier molecular flexibility index (Phi) is 4.99. The Bertz CT molecular complexity index is 1350. The maximum Gasteiger partial charge on any atom is 0.271 e. The van der Waals surface area contributed by atoms with Gasteiger partial charge in [-0.1, -0.05) is 0 Å². The molecule has 1 aromatic carbocycles. The lowest BCUT2D eigenvalue weighted by atomic mass is 9.97. The molecule has 0 saturated carbocycles.